The third-order valence-corrected chi connectivity index (χ3v) is 10.0. The monoisotopic (exact) mass is 637 g/mol. The number of hydrogen-bond donors (Lipinski definition) is 0. The van der Waals surface area contributed by atoms with Crippen LogP contribution in [0.15, 0.2) is 192 Å². The fourth-order valence-corrected chi connectivity index (χ4v) is 7.53. The standard InChI is InChI=1S/C48H31NO/c1-2-10-36-29-37(22-21-32(36)9-1)35-19-17-33(18-20-35)34-23-25-39(26-24-34)49(40-27-28-45-44-15-7-8-16-47(44)50-48(45)31-40)46-30-38-11-3-4-12-41(38)42-13-5-6-14-43(42)46/h1-31H. The number of fused-ring (bicyclic) bond motifs is 7. The number of anilines is 3. The number of para-hydroxylation sites is 1. The van der Waals surface area contributed by atoms with Crippen LogP contribution >= 0.6 is 0 Å². The van der Waals surface area contributed by atoms with E-state index in [1.807, 2.05) is 12.1 Å². The van der Waals surface area contributed by atoms with Crippen LogP contribution in [0.3, 0.4) is 0 Å². The minimum Gasteiger partial charge on any atom is -0.456 e. The van der Waals surface area contributed by atoms with Gasteiger partial charge in [-0.05, 0) is 91.6 Å². The van der Waals surface area contributed by atoms with Gasteiger partial charge in [-0.15, -0.1) is 0 Å². The van der Waals surface area contributed by atoms with E-state index in [4.69, 9.17) is 4.42 Å². The molecule has 9 aromatic carbocycles. The van der Waals surface area contributed by atoms with E-state index in [-0.39, 0.29) is 0 Å². The first-order chi connectivity index (χ1) is 24.8. The molecule has 0 saturated carbocycles. The molecule has 0 saturated heterocycles. The molecule has 10 aromatic rings. The van der Waals surface area contributed by atoms with E-state index in [9.17, 15) is 0 Å². The highest BCUT2D eigenvalue weighted by Crippen LogP contribution is 2.44. The molecular weight excluding hydrogens is 607 g/mol. The predicted molar refractivity (Wildman–Crippen MR) is 212 cm³/mol. The van der Waals surface area contributed by atoms with E-state index in [0.29, 0.717) is 0 Å². The Labute approximate surface area is 290 Å². The Kier molecular flexibility index (Phi) is 6.53. The van der Waals surface area contributed by atoms with Crippen molar-refractivity contribution in [3.05, 3.63) is 188 Å². The second-order valence-corrected chi connectivity index (χ2v) is 13.0. The van der Waals surface area contributed by atoms with Crippen LogP contribution in [0.25, 0.3) is 76.5 Å². The molecule has 0 atom stereocenters. The van der Waals surface area contributed by atoms with Crippen molar-refractivity contribution in [2.24, 2.45) is 0 Å². The molecule has 0 radical (unpaired) electrons. The average molecular weight is 638 g/mol. The van der Waals surface area contributed by atoms with E-state index >= 15 is 0 Å². The van der Waals surface area contributed by atoms with Gasteiger partial charge < -0.3 is 9.32 Å². The molecule has 0 bridgehead atoms. The fourth-order valence-electron chi connectivity index (χ4n) is 7.53. The van der Waals surface area contributed by atoms with Crippen molar-refractivity contribution < 1.29 is 4.42 Å². The first kappa shape index (κ1) is 28.4. The number of nitrogens with zero attached hydrogens (tertiary/aromatic N) is 1. The smallest absolute Gasteiger partial charge is 0.137 e. The molecule has 50 heavy (non-hydrogen) atoms. The van der Waals surface area contributed by atoms with Crippen molar-refractivity contribution in [3.8, 4) is 22.3 Å². The van der Waals surface area contributed by atoms with Gasteiger partial charge in [0.15, 0.2) is 0 Å². The van der Waals surface area contributed by atoms with Gasteiger partial charge in [0, 0.05) is 33.6 Å². The number of benzene rings is 9. The summed E-state index contributed by atoms with van der Waals surface area (Å²) in [6.07, 6.45) is 0. The molecule has 0 spiro atoms. The molecule has 0 N–H and O–H groups in total. The van der Waals surface area contributed by atoms with Gasteiger partial charge in [-0.3, -0.25) is 0 Å². The van der Waals surface area contributed by atoms with Crippen LogP contribution in [0.2, 0.25) is 0 Å². The fraction of sp³-hybridized carbons (Fsp3) is 0. The Balaban J connectivity index is 1.09. The molecule has 10 rings (SSSR count). The van der Waals surface area contributed by atoms with Crippen LogP contribution < -0.4 is 4.90 Å². The highest BCUT2D eigenvalue weighted by atomic mass is 16.3. The maximum atomic E-state index is 6.39. The van der Waals surface area contributed by atoms with E-state index in [1.165, 1.54) is 54.6 Å². The number of rotatable bonds is 5. The summed E-state index contributed by atoms with van der Waals surface area (Å²) in [5, 5.41) is 9.66. The van der Waals surface area contributed by atoms with Crippen LogP contribution in [0.4, 0.5) is 17.1 Å². The lowest BCUT2D eigenvalue weighted by atomic mass is 9.97. The van der Waals surface area contributed by atoms with Gasteiger partial charge in [0.1, 0.15) is 11.2 Å². The van der Waals surface area contributed by atoms with E-state index in [2.05, 4.69) is 181 Å². The zero-order valence-corrected chi connectivity index (χ0v) is 27.3. The predicted octanol–water partition coefficient (Wildman–Crippen LogP) is 13.8. The van der Waals surface area contributed by atoms with Gasteiger partial charge in [0.25, 0.3) is 0 Å². The Hall–Kier alpha value is -6.64. The summed E-state index contributed by atoms with van der Waals surface area (Å²) >= 11 is 0. The zero-order chi connectivity index (χ0) is 33.0. The SMILES string of the molecule is c1ccc2cc(-c3ccc(-c4ccc(N(c5ccc6c(c5)oc5ccccc56)c5cc6ccccc6c6ccccc56)cc4)cc3)ccc2c1. The lowest BCUT2D eigenvalue weighted by Crippen LogP contribution is -2.10. The highest BCUT2D eigenvalue weighted by Gasteiger charge is 2.19. The highest BCUT2D eigenvalue weighted by molar-refractivity contribution is 6.15. The van der Waals surface area contributed by atoms with Crippen molar-refractivity contribution in [2.45, 2.75) is 0 Å². The van der Waals surface area contributed by atoms with Gasteiger partial charge in [-0.2, -0.15) is 0 Å². The Morgan fingerprint density at radius 1 is 0.300 bits per heavy atom. The van der Waals surface area contributed by atoms with Crippen molar-refractivity contribution in [1.29, 1.82) is 0 Å². The molecule has 0 fully saturated rings. The van der Waals surface area contributed by atoms with E-state index < -0.39 is 0 Å². The molecule has 1 aromatic heterocycles. The maximum absolute atomic E-state index is 6.39. The topological polar surface area (TPSA) is 16.4 Å². The second-order valence-electron chi connectivity index (χ2n) is 13.0. The molecule has 0 aliphatic carbocycles. The van der Waals surface area contributed by atoms with Crippen LogP contribution in [0, 0.1) is 0 Å². The normalized spacial score (nSPS) is 11.6. The first-order valence-electron chi connectivity index (χ1n) is 17.1. The summed E-state index contributed by atoms with van der Waals surface area (Å²) in [4.78, 5) is 2.37. The molecule has 0 aliphatic rings. The Morgan fingerprint density at radius 3 is 1.62 bits per heavy atom. The number of furan rings is 1. The van der Waals surface area contributed by atoms with E-state index in [1.54, 1.807) is 0 Å². The largest absolute Gasteiger partial charge is 0.456 e. The van der Waals surface area contributed by atoms with Crippen LogP contribution in [-0.4, -0.2) is 0 Å². The average Bonchev–Trinajstić information content (AvgIpc) is 3.56. The lowest BCUT2D eigenvalue weighted by molar-refractivity contribution is 0.669. The van der Waals surface area contributed by atoms with Crippen molar-refractivity contribution in [1.82, 2.24) is 0 Å². The molecule has 234 valence electrons. The quantitative estimate of drug-likeness (QED) is 0.175. The summed E-state index contributed by atoms with van der Waals surface area (Å²) in [5.74, 6) is 0. The third kappa shape index (κ3) is 4.73. The Morgan fingerprint density at radius 2 is 0.840 bits per heavy atom. The van der Waals surface area contributed by atoms with Crippen LogP contribution in [0.1, 0.15) is 0 Å². The summed E-state index contributed by atoms with van der Waals surface area (Å²) in [6, 6.07) is 67.6. The van der Waals surface area contributed by atoms with Crippen molar-refractivity contribution in [2.75, 3.05) is 4.90 Å². The molecule has 0 unspecified atom stereocenters. The van der Waals surface area contributed by atoms with Gasteiger partial charge in [-0.1, -0.05) is 140 Å². The van der Waals surface area contributed by atoms with Crippen LogP contribution in [-0.2, 0) is 0 Å². The van der Waals surface area contributed by atoms with Crippen molar-refractivity contribution >= 4 is 71.3 Å². The zero-order valence-electron chi connectivity index (χ0n) is 27.3. The molecule has 2 nitrogen and oxygen atoms in total. The Bertz CT molecular complexity index is 2860. The van der Waals surface area contributed by atoms with Crippen LogP contribution in [0.5, 0.6) is 0 Å². The maximum Gasteiger partial charge on any atom is 0.137 e. The number of hydrogen-bond acceptors (Lipinski definition) is 2. The van der Waals surface area contributed by atoms with Gasteiger partial charge in [-0.25, -0.2) is 0 Å². The summed E-state index contributed by atoms with van der Waals surface area (Å²) < 4.78 is 6.39. The van der Waals surface area contributed by atoms with Gasteiger partial charge in [0.2, 0.25) is 0 Å². The summed E-state index contributed by atoms with van der Waals surface area (Å²) in [6.45, 7) is 0. The minimum absolute atomic E-state index is 0.877. The molecule has 0 aliphatic heterocycles. The second kappa shape index (κ2) is 11.5. The van der Waals surface area contributed by atoms with Gasteiger partial charge >= 0.3 is 0 Å². The van der Waals surface area contributed by atoms with Crippen molar-refractivity contribution in [3.63, 3.8) is 0 Å². The lowest BCUT2D eigenvalue weighted by Gasteiger charge is -2.27. The minimum atomic E-state index is 0.877. The molecule has 1 heterocycles. The third-order valence-electron chi connectivity index (χ3n) is 10.0. The summed E-state index contributed by atoms with van der Waals surface area (Å²) in [5.41, 5.74) is 9.84. The molecule has 0 amide bonds. The molecule has 2 heteroatoms. The molecular formula is C48H31NO. The summed E-state index contributed by atoms with van der Waals surface area (Å²) in [7, 11) is 0. The first-order valence-corrected chi connectivity index (χ1v) is 17.1. The van der Waals surface area contributed by atoms with E-state index in [0.717, 1.165) is 39.0 Å². The van der Waals surface area contributed by atoms with Gasteiger partial charge in [0.05, 0.1) is 5.69 Å².